The topological polar surface area (TPSA) is 48.5 Å². The number of fused-ring (bicyclic) bond motifs is 7. The van der Waals surface area contributed by atoms with Crippen LogP contribution in [0.4, 0.5) is 0 Å². The van der Waals surface area contributed by atoms with E-state index in [-0.39, 0.29) is 0 Å². The van der Waals surface area contributed by atoms with Crippen molar-refractivity contribution in [1.29, 1.82) is 0 Å². The Labute approximate surface area is 362 Å². The van der Waals surface area contributed by atoms with Gasteiger partial charge in [0.15, 0.2) is 11.6 Å². The molecule has 0 N–H and O–H groups in total. The Hall–Kier alpha value is -5.78. The van der Waals surface area contributed by atoms with Crippen LogP contribution >= 0.6 is 11.6 Å². The van der Waals surface area contributed by atoms with Crippen LogP contribution in [0, 0.1) is 0 Å². The first-order valence-electron chi connectivity index (χ1n) is 32.9. The minimum Gasteiger partial charge on any atom is -0.308 e. The van der Waals surface area contributed by atoms with Gasteiger partial charge in [0.25, 0.3) is 0 Å². The van der Waals surface area contributed by atoms with Gasteiger partial charge in [0.05, 0.1) is 65.0 Å². The van der Waals surface area contributed by atoms with Gasteiger partial charge in [-0.25, -0.2) is 4.98 Å². The maximum absolute atomic E-state index is 9.85. The highest BCUT2D eigenvalue weighted by molar-refractivity contribution is 6.28. The lowest BCUT2D eigenvalue weighted by Crippen LogP contribution is -2.33. The summed E-state index contributed by atoms with van der Waals surface area (Å²) in [5.41, 5.74) is -18.6. The highest BCUT2D eigenvalue weighted by atomic mass is 35.5. The first kappa shape index (κ1) is 12.1. The molecule has 10 rings (SSSR count). The molecule has 0 unspecified atom stereocenters. The van der Waals surface area contributed by atoms with Gasteiger partial charge in [0.1, 0.15) is 0 Å². The van der Waals surface area contributed by atoms with Crippen molar-refractivity contribution < 1.29 is 48.0 Å². The standard InChI is InChI=1S/C47H38ClN5/c1-46(2)26-27-47(3,4)35-28-29(24-25-34(35)46)43-49-44(51-45(48)50-43)42-40(52-36-18-9-5-14-30(36)31-15-6-10-19-37(31)52)22-13-23-41(42)53-38-20-11-7-16-32(38)33-17-8-12-21-39(33)53/h5-25,28H,26-27H2,1-4H3/i1D3,2D3,3D3,4D3,5D,6D,7D,8D,9D,10D,11D,12D,14D,15D,16D,17D,18D,19D,20D,21D,24D,25D,26D2,27D2,28D. The molecule has 0 radical (unpaired) electrons. The van der Waals surface area contributed by atoms with Crippen molar-refractivity contribution in [3.63, 3.8) is 0 Å². The highest BCUT2D eigenvalue weighted by Gasteiger charge is 2.37. The predicted molar refractivity (Wildman–Crippen MR) is 220 cm³/mol. The summed E-state index contributed by atoms with van der Waals surface area (Å²) in [5, 5.41) is -3.21. The molecule has 3 aromatic heterocycles. The van der Waals surface area contributed by atoms with Crippen LogP contribution in [0.25, 0.3) is 77.8 Å². The normalized spacial score (nSPS) is 27.4. The molecule has 6 aromatic carbocycles. The van der Waals surface area contributed by atoms with Gasteiger partial charge >= 0.3 is 0 Å². The summed E-state index contributed by atoms with van der Waals surface area (Å²) in [6.07, 6.45) is -9.47. The molecule has 0 atom stereocenters. The van der Waals surface area contributed by atoms with E-state index in [1.54, 1.807) is 0 Å². The average Bonchev–Trinajstić information content (AvgIpc) is 0.809. The van der Waals surface area contributed by atoms with E-state index in [2.05, 4.69) is 15.0 Å². The van der Waals surface area contributed by atoms with Gasteiger partial charge in [-0.05, 0) is 88.6 Å². The first-order valence-corrected chi connectivity index (χ1v) is 15.7. The highest BCUT2D eigenvalue weighted by Crippen LogP contribution is 2.47. The van der Waals surface area contributed by atoms with Gasteiger partial charge in [-0.1, -0.05) is 118 Å². The lowest BCUT2D eigenvalue weighted by Gasteiger charge is -2.42. The van der Waals surface area contributed by atoms with Crippen molar-refractivity contribution in [2.75, 3.05) is 0 Å². The van der Waals surface area contributed by atoms with Gasteiger partial charge in [-0.3, -0.25) is 0 Å². The summed E-state index contributed by atoms with van der Waals surface area (Å²) in [6, 6.07) is -16.1. The molecule has 3 heterocycles. The Bertz CT molecular complexity index is 4280. The maximum atomic E-state index is 9.85. The summed E-state index contributed by atoms with van der Waals surface area (Å²) in [6.45, 7) is -17.8. The molecule has 1 aliphatic carbocycles. The Morgan fingerprint density at radius 2 is 1.04 bits per heavy atom. The predicted octanol–water partition coefficient (Wildman–Crippen LogP) is 12.4. The Morgan fingerprint density at radius 3 is 1.53 bits per heavy atom. The van der Waals surface area contributed by atoms with Crippen molar-refractivity contribution in [3.8, 4) is 34.2 Å². The van der Waals surface area contributed by atoms with E-state index in [1.165, 1.54) is 6.07 Å². The van der Waals surface area contributed by atoms with Gasteiger partial charge in [-0.2, -0.15) is 9.97 Å². The van der Waals surface area contributed by atoms with E-state index in [9.17, 15) is 15.1 Å². The second-order valence-corrected chi connectivity index (χ2v) is 12.1. The number of halogens is 1. The van der Waals surface area contributed by atoms with Crippen molar-refractivity contribution in [2.45, 2.75) is 51.0 Å². The molecule has 53 heavy (non-hydrogen) atoms. The Morgan fingerprint density at radius 1 is 0.585 bits per heavy atom. The number of nitrogens with zero attached hydrogens (tertiary/aromatic N) is 5. The summed E-state index contributed by atoms with van der Waals surface area (Å²) in [5.74, 6) is -2.23. The molecule has 0 bridgehead atoms. The van der Waals surface area contributed by atoms with Gasteiger partial charge in [0.2, 0.25) is 5.28 Å². The van der Waals surface area contributed by atoms with E-state index in [0.29, 0.717) is 0 Å². The van der Waals surface area contributed by atoms with Crippen LogP contribution in [-0.4, -0.2) is 24.1 Å². The molecule has 0 spiro atoms. The number of hydrogen-bond donors (Lipinski definition) is 0. The van der Waals surface area contributed by atoms with Crippen molar-refractivity contribution in [3.05, 3.63) is 149 Å². The third-order valence-electron chi connectivity index (χ3n) is 8.62. The fraction of sp³-hybridized carbons (Fsp3) is 0.170. The van der Waals surface area contributed by atoms with Crippen LogP contribution in [0.3, 0.4) is 0 Å². The van der Waals surface area contributed by atoms with E-state index in [0.717, 1.165) is 21.3 Å². The second kappa shape index (κ2) is 11.6. The van der Waals surface area contributed by atoms with E-state index < -0.39 is 260 Å². The van der Waals surface area contributed by atoms with Crippen molar-refractivity contribution >= 4 is 55.2 Å². The molecule has 5 nitrogen and oxygen atoms in total. The Kier molecular flexibility index (Phi) is 2.66. The van der Waals surface area contributed by atoms with Crippen molar-refractivity contribution in [1.82, 2.24) is 24.1 Å². The molecule has 6 heteroatoms. The third kappa shape index (κ3) is 4.87. The lowest BCUT2D eigenvalue weighted by molar-refractivity contribution is 0.332. The smallest absolute Gasteiger partial charge is 0.226 e. The van der Waals surface area contributed by atoms with Crippen molar-refractivity contribution in [2.24, 2.45) is 0 Å². The van der Waals surface area contributed by atoms with Crippen LogP contribution in [0.1, 0.15) is 99.3 Å². The van der Waals surface area contributed by atoms with Gasteiger partial charge in [0, 0.05) is 49.0 Å². The van der Waals surface area contributed by atoms with Gasteiger partial charge < -0.3 is 9.13 Å². The maximum Gasteiger partial charge on any atom is 0.226 e. The fourth-order valence-electron chi connectivity index (χ4n) is 6.42. The number of para-hydroxylation sites is 4. The number of benzene rings is 6. The minimum absolute atomic E-state index is 0.532. The SMILES string of the molecule is [2H]c1c([2H])c2c(c([2H])c1-c1nc(Cl)nc(-c3c(-n4c5c([2H])c([2H])c([2H])c([2H])c5c5c([2H])c([2H])c([2H])c([2H])c54)cccc3-n3c4c([2H])c([2H])c([2H])c([2H])c4c4c([2H])c([2H])c([2H])c([2H])c43)n1)C(C([2H])([2H])[2H])(C([2H])([2H])[2H])C([2H])([2H])C([2H])([2H])C2(C([2H])([2H])[2H])C([2H])([2H])[2H]. The third-order valence-corrected chi connectivity index (χ3v) is 8.79. The number of hydrogen-bond acceptors (Lipinski definition) is 3. The Balaban J connectivity index is 1.51. The molecule has 0 amide bonds. The largest absolute Gasteiger partial charge is 0.308 e. The van der Waals surface area contributed by atoms with E-state index in [4.69, 9.17) is 44.5 Å². The zero-order valence-electron chi connectivity index (χ0n) is 61.3. The fourth-order valence-corrected chi connectivity index (χ4v) is 6.58. The zero-order valence-corrected chi connectivity index (χ0v) is 27.1. The summed E-state index contributed by atoms with van der Waals surface area (Å²) < 4.78 is 316. The van der Waals surface area contributed by atoms with E-state index >= 15 is 0 Å². The first-order chi connectivity index (χ1) is 40.1. The number of aromatic nitrogens is 5. The van der Waals surface area contributed by atoms with Crippen LogP contribution in [0.2, 0.25) is 5.28 Å². The molecule has 0 saturated carbocycles. The van der Waals surface area contributed by atoms with Gasteiger partial charge in [-0.15, -0.1) is 0 Å². The van der Waals surface area contributed by atoms with E-state index in [1.807, 2.05) is 0 Å². The monoisotopic (exact) mass is 743 g/mol. The molecule has 1 aliphatic rings. The minimum atomic E-state index is -4.76. The molecular weight excluding hydrogens is 670 g/mol. The molecular formula is C47H38ClN5. The average molecular weight is 744 g/mol. The van der Waals surface area contributed by atoms with Crippen LogP contribution in [0.5, 0.6) is 0 Å². The molecule has 9 aromatic rings. The second-order valence-electron chi connectivity index (χ2n) is 11.7. The summed E-state index contributed by atoms with van der Waals surface area (Å²) in [4.78, 5) is 12.8. The quantitative estimate of drug-likeness (QED) is 0.180. The number of rotatable bonds is 4. The van der Waals surface area contributed by atoms with Crippen LogP contribution in [-0.2, 0) is 10.8 Å². The van der Waals surface area contributed by atoms with Crippen LogP contribution in [0.15, 0.2) is 133 Å². The molecule has 258 valence electrons. The summed E-state index contributed by atoms with van der Waals surface area (Å²) >= 11 is 6.77. The summed E-state index contributed by atoms with van der Waals surface area (Å²) in [7, 11) is 0. The molecule has 0 aliphatic heterocycles. The molecule has 0 saturated heterocycles. The zero-order chi connectivity index (χ0) is 66.2. The van der Waals surface area contributed by atoms with Crippen LogP contribution < -0.4 is 0 Å². The molecule has 0 fully saturated rings. The lowest BCUT2D eigenvalue weighted by atomic mass is 9.63.